The first-order chi connectivity index (χ1) is 9.88. The van der Waals surface area contributed by atoms with Gasteiger partial charge >= 0.3 is 0 Å². The summed E-state index contributed by atoms with van der Waals surface area (Å²) in [6.07, 6.45) is 0. The average Bonchev–Trinajstić information content (AvgIpc) is 2.43. The molecule has 21 heavy (non-hydrogen) atoms. The van der Waals surface area contributed by atoms with E-state index in [1.807, 2.05) is 0 Å². The maximum Gasteiger partial charge on any atom is 0.255 e. The van der Waals surface area contributed by atoms with Crippen molar-refractivity contribution < 1.29 is 13.6 Å². The lowest BCUT2D eigenvalue weighted by molar-refractivity contribution is 0.102. The molecule has 108 valence electrons. The van der Waals surface area contributed by atoms with Crippen LogP contribution < -0.4 is 11.1 Å². The summed E-state index contributed by atoms with van der Waals surface area (Å²) >= 11 is 7.72. The number of halogens is 3. The summed E-state index contributed by atoms with van der Waals surface area (Å²) in [5.74, 6) is -1.65. The molecule has 2 rings (SSSR count). The summed E-state index contributed by atoms with van der Waals surface area (Å²) in [6, 6.07) is 7.81. The molecule has 0 aliphatic rings. The molecule has 3 N–H and O–H groups in total. The molecule has 0 radical (unpaired) electrons. The van der Waals surface area contributed by atoms with Crippen LogP contribution in [0.25, 0.3) is 0 Å². The molecule has 0 aliphatic carbocycles. The summed E-state index contributed by atoms with van der Waals surface area (Å²) in [5, 5.41) is 2.52. The van der Waals surface area contributed by atoms with Crippen LogP contribution in [0.5, 0.6) is 0 Å². The monoisotopic (exact) mass is 370 g/mol. The van der Waals surface area contributed by atoms with E-state index in [-0.39, 0.29) is 20.6 Å². The highest BCUT2D eigenvalue weighted by atomic mass is 79.9. The third-order valence-corrected chi connectivity index (χ3v) is 3.53. The SMILES string of the molecule is NC(=S)c1cc(NC(=O)c2ccc(Br)c(F)c2)ccc1F. The highest BCUT2D eigenvalue weighted by Crippen LogP contribution is 2.19. The Kier molecular flexibility index (Phi) is 4.64. The summed E-state index contributed by atoms with van der Waals surface area (Å²) in [4.78, 5) is 11.9. The topological polar surface area (TPSA) is 55.1 Å². The first-order valence-electron chi connectivity index (χ1n) is 5.74. The predicted molar refractivity (Wildman–Crippen MR) is 84.3 cm³/mol. The van der Waals surface area contributed by atoms with Gasteiger partial charge in [-0.2, -0.15) is 0 Å². The second kappa shape index (κ2) is 6.28. The minimum absolute atomic E-state index is 0.0322. The number of anilines is 1. The lowest BCUT2D eigenvalue weighted by Crippen LogP contribution is -2.15. The number of nitrogens with two attached hydrogens (primary N) is 1. The zero-order valence-corrected chi connectivity index (χ0v) is 12.9. The Bertz CT molecular complexity index is 737. The van der Waals surface area contributed by atoms with Crippen molar-refractivity contribution in [3.8, 4) is 0 Å². The molecule has 0 saturated carbocycles. The number of carbonyl (C=O) groups is 1. The van der Waals surface area contributed by atoms with Gasteiger partial charge in [-0.1, -0.05) is 12.2 Å². The third kappa shape index (κ3) is 3.62. The van der Waals surface area contributed by atoms with E-state index in [2.05, 4.69) is 21.2 Å². The van der Waals surface area contributed by atoms with Crippen LogP contribution in [0.2, 0.25) is 0 Å². The maximum atomic E-state index is 13.4. The van der Waals surface area contributed by atoms with Crippen molar-refractivity contribution in [2.75, 3.05) is 5.32 Å². The largest absolute Gasteiger partial charge is 0.389 e. The average molecular weight is 371 g/mol. The Morgan fingerprint density at radius 3 is 2.48 bits per heavy atom. The van der Waals surface area contributed by atoms with Crippen LogP contribution in [0, 0.1) is 11.6 Å². The Hall–Kier alpha value is -1.86. The first kappa shape index (κ1) is 15.5. The Labute approximate surface area is 133 Å². The Morgan fingerprint density at radius 1 is 1.14 bits per heavy atom. The fraction of sp³-hybridized carbons (Fsp3) is 0. The summed E-state index contributed by atoms with van der Waals surface area (Å²) in [6.45, 7) is 0. The van der Waals surface area contributed by atoms with Gasteiger partial charge in [-0.25, -0.2) is 8.78 Å². The van der Waals surface area contributed by atoms with Crippen molar-refractivity contribution in [3.63, 3.8) is 0 Å². The summed E-state index contributed by atoms with van der Waals surface area (Å²) in [7, 11) is 0. The number of nitrogens with one attached hydrogen (secondary N) is 1. The lowest BCUT2D eigenvalue weighted by atomic mass is 10.1. The summed E-state index contributed by atoms with van der Waals surface area (Å²) in [5.41, 5.74) is 5.87. The lowest BCUT2D eigenvalue weighted by Gasteiger charge is -2.08. The molecule has 3 nitrogen and oxygen atoms in total. The molecule has 0 spiro atoms. The van der Waals surface area contributed by atoms with E-state index >= 15 is 0 Å². The van der Waals surface area contributed by atoms with Crippen LogP contribution in [-0.4, -0.2) is 10.9 Å². The Morgan fingerprint density at radius 2 is 1.86 bits per heavy atom. The van der Waals surface area contributed by atoms with E-state index < -0.39 is 17.5 Å². The van der Waals surface area contributed by atoms with E-state index in [0.717, 1.165) is 12.1 Å². The van der Waals surface area contributed by atoms with Gasteiger partial charge in [0.1, 0.15) is 16.6 Å². The highest BCUT2D eigenvalue weighted by molar-refractivity contribution is 9.10. The molecule has 0 aliphatic heterocycles. The van der Waals surface area contributed by atoms with E-state index in [0.29, 0.717) is 5.69 Å². The van der Waals surface area contributed by atoms with Gasteiger partial charge in [0.2, 0.25) is 0 Å². The number of carbonyl (C=O) groups excluding carboxylic acids is 1. The smallest absolute Gasteiger partial charge is 0.255 e. The van der Waals surface area contributed by atoms with Crippen LogP contribution in [-0.2, 0) is 0 Å². The quantitative estimate of drug-likeness (QED) is 0.811. The summed E-state index contributed by atoms with van der Waals surface area (Å²) < 4.78 is 27.1. The molecule has 0 heterocycles. The fourth-order valence-corrected chi connectivity index (χ4v) is 2.04. The van der Waals surface area contributed by atoms with Crippen molar-refractivity contribution in [1.29, 1.82) is 0 Å². The number of benzene rings is 2. The number of amides is 1. The van der Waals surface area contributed by atoms with E-state index in [9.17, 15) is 13.6 Å². The van der Waals surface area contributed by atoms with Crippen molar-refractivity contribution in [2.24, 2.45) is 5.73 Å². The molecule has 2 aromatic carbocycles. The van der Waals surface area contributed by atoms with Crippen LogP contribution >= 0.6 is 28.1 Å². The van der Waals surface area contributed by atoms with Crippen LogP contribution in [0.1, 0.15) is 15.9 Å². The van der Waals surface area contributed by atoms with Gasteiger partial charge in [-0.15, -0.1) is 0 Å². The minimum atomic E-state index is -0.574. The molecule has 0 unspecified atom stereocenters. The predicted octanol–water partition coefficient (Wildman–Crippen LogP) is 3.61. The molecule has 0 atom stereocenters. The van der Waals surface area contributed by atoms with Gasteiger partial charge in [0.25, 0.3) is 5.91 Å². The van der Waals surface area contributed by atoms with Crippen molar-refractivity contribution in [2.45, 2.75) is 0 Å². The molecule has 0 saturated heterocycles. The van der Waals surface area contributed by atoms with Gasteiger partial charge in [-0.3, -0.25) is 4.79 Å². The zero-order valence-electron chi connectivity index (χ0n) is 10.5. The molecular formula is C14H9BrF2N2OS. The molecule has 0 bridgehead atoms. The van der Waals surface area contributed by atoms with Crippen LogP contribution in [0.4, 0.5) is 14.5 Å². The van der Waals surface area contributed by atoms with Gasteiger partial charge in [0.05, 0.1) is 4.47 Å². The molecule has 1 amide bonds. The number of rotatable bonds is 3. The van der Waals surface area contributed by atoms with Crippen molar-refractivity contribution >= 4 is 44.7 Å². The second-order valence-corrected chi connectivity index (χ2v) is 5.44. The van der Waals surface area contributed by atoms with Gasteiger partial charge in [-0.05, 0) is 52.3 Å². The standard InChI is InChI=1S/C14H9BrF2N2OS/c15-10-3-1-7(5-12(10)17)14(20)19-8-2-4-11(16)9(6-8)13(18)21/h1-6H,(H2,18,21)(H,19,20). The van der Waals surface area contributed by atoms with Gasteiger partial charge < -0.3 is 11.1 Å². The van der Waals surface area contributed by atoms with Gasteiger partial charge in [0, 0.05) is 16.8 Å². The minimum Gasteiger partial charge on any atom is -0.389 e. The van der Waals surface area contributed by atoms with E-state index in [1.165, 1.54) is 24.3 Å². The zero-order chi connectivity index (χ0) is 15.6. The molecule has 0 fully saturated rings. The molecule has 2 aromatic rings. The van der Waals surface area contributed by atoms with E-state index in [4.69, 9.17) is 18.0 Å². The van der Waals surface area contributed by atoms with Crippen LogP contribution in [0.15, 0.2) is 40.9 Å². The number of hydrogen-bond donors (Lipinski definition) is 2. The Balaban J connectivity index is 2.25. The number of hydrogen-bond acceptors (Lipinski definition) is 2. The maximum absolute atomic E-state index is 13.4. The van der Waals surface area contributed by atoms with Crippen molar-refractivity contribution in [3.05, 3.63) is 63.6 Å². The third-order valence-electron chi connectivity index (χ3n) is 2.67. The number of thiocarbonyl (C=S) groups is 1. The first-order valence-corrected chi connectivity index (χ1v) is 6.94. The molecule has 0 aromatic heterocycles. The highest BCUT2D eigenvalue weighted by Gasteiger charge is 2.11. The molecule has 7 heteroatoms. The second-order valence-electron chi connectivity index (χ2n) is 4.14. The van der Waals surface area contributed by atoms with Crippen LogP contribution in [0.3, 0.4) is 0 Å². The normalized spacial score (nSPS) is 10.2. The molecular weight excluding hydrogens is 362 g/mol. The van der Waals surface area contributed by atoms with Gasteiger partial charge in [0.15, 0.2) is 0 Å². The van der Waals surface area contributed by atoms with Crippen molar-refractivity contribution in [1.82, 2.24) is 0 Å². The fourth-order valence-electron chi connectivity index (χ4n) is 1.63. The van der Waals surface area contributed by atoms with E-state index in [1.54, 1.807) is 0 Å².